The summed E-state index contributed by atoms with van der Waals surface area (Å²) in [5.41, 5.74) is 6.71. The Balaban J connectivity index is 2.25. The van der Waals surface area contributed by atoms with Crippen molar-refractivity contribution in [3.8, 4) is 0 Å². The largest absolute Gasteiger partial charge is 0.398 e. The van der Waals surface area contributed by atoms with Gasteiger partial charge in [-0.1, -0.05) is 17.7 Å². The van der Waals surface area contributed by atoms with E-state index in [1.807, 2.05) is 4.90 Å². The highest BCUT2D eigenvalue weighted by Crippen LogP contribution is 2.25. The van der Waals surface area contributed by atoms with Gasteiger partial charge in [0.1, 0.15) is 0 Å². The lowest BCUT2D eigenvalue weighted by molar-refractivity contribution is 0.0697. The summed E-state index contributed by atoms with van der Waals surface area (Å²) in [5.74, 6) is -0.0277. The first-order valence-corrected chi connectivity index (χ1v) is 6.92. The molecule has 2 rings (SSSR count). The standard InChI is InChI=1S/C14H20ClN3O/c1-10-9-17(2)7-4-8-18(10)14(19)11-5-3-6-12(16)13(11)15/h3,5-6,10H,4,7-9,16H2,1-2H3. The first-order valence-electron chi connectivity index (χ1n) is 6.54. The molecule has 1 saturated heterocycles. The van der Waals surface area contributed by atoms with Gasteiger partial charge in [0.2, 0.25) is 0 Å². The van der Waals surface area contributed by atoms with Crippen LogP contribution in [0.1, 0.15) is 23.7 Å². The van der Waals surface area contributed by atoms with Crippen LogP contribution in [-0.4, -0.2) is 48.4 Å². The molecule has 0 spiro atoms. The predicted octanol–water partition coefficient (Wildman–Crippen LogP) is 2.09. The smallest absolute Gasteiger partial charge is 0.255 e. The zero-order valence-corrected chi connectivity index (χ0v) is 12.2. The van der Waals surface area contributed by atoms with Crippen molar-refractivity contribution in [3.05, 3.63) is 28.8 Å². The number of likely N-dealkylation sites (N-methyl/N-ethyl adjacent to an activating group) is 1. The summed E-state index contributed by atoms with van der Waals surface area (Å²) in [7, 11) is 2.08. The van der Waals surface area contributed by atoms with E-state index in [-0.39, 0.29) is 11.9 Å². The van der Waals surface area contributed by atoms with E-state index in [0.29, 0.717) is 16.3 Å². The number of nitrogens with zero attached hydrogens (tertiary/aromatic N) is 2. The van der Waals surface area contributed by atoms with Crippen LogP contribution < -0.4 is 5.73 Å². The number of amides is 1. The number of carbonyl (C=O) groups excluding carboxylic acids is 1. The molecule has 0 aromatic heterocycles. The number of rotatable bonds is 1. The molecule has 1 aromatic rings. The first kappa shape index (κ1) is 14.2. The van der Waals surface area contributed by atoms with Gasteiger partial charge in [0, 0.05) is 19.1 Å². The van der Waals surface area contributed by atoms with Crippen molar-refractivity contribution in [2.75, 3.05) is 32.4 Å². The third kappa shape index (κ3) is 3.01. The number of benzene rings is 1. The minimum atomic E-state index is -0.0277. The Morgan fingerprint density at radius 3 is 2.89 bits per heavy atom. The minimum Gasteiger partial charge on any atom is -0.398 e. The van der Waals surface area contributed by atoms with Crippen molar-refractivity contribution in [2.45, 2.75) is 19.4 Å². The van der Waals surface area contributed by atoms with Crippen LogP contribution in [0.25, 0.3) is 0 Å². The molecule has 1 aliphatic heterocycles. The van der Waals surface area contributed by atoms with Gasteiger partial charge in [0.05, 0.1) is 16.3 Å². The van der Waals surface area contributed by atoms with Crippen LogP contribution in [0.3, 0.4) is 0 Å². The Labute approximate surface area is 119 Å². The van der Waals surface area contributed by atoms with Crippen molar-refractivity contribution < 1.29 is 4.79 Å². The summed E-state index contributed by atoms with van der Waals surface area (Å²) in [6.07, 6.45) is 0.979. The maximum absolute atomic E-state index is 12.6. The molecule has 1 aromatic carbocycles. The molecule has 0 bridgehead atoms. The zero-order chi connectivity index (χ0) is 14.0. The maximum Gasteiger partial charge on any atom is 0.255 e. The topological polar surface area (TPSA) is 49.6 Å². The summed E-state index contributed by atoms with van der Waals surface area (Å²) in [6, 6.07) is 5.39. The molecule has 1 aliphatic rings. The second-order valence-electron chi connectivity index (χ2n) is 5.17. The molecule has 0 saturated carbocycles. The molecule has 104 valence electrons. The van der Waals surface area contributed by atoms with E-state index in [1.165, 1.54) is 0 Å². The molecular formula is C14H20ClN3O. The molecule has 5 heteroatoms. The molecule has 1 atom stereocenters. The fourth-order valence-corrected chi connectivity index (χ4v) is 2.75. The van der Waals surface area contributed by atoms with Gasteiger partial charge in [-0.25, -0.2) is 0 Å². The summed E-state index contributed by atoms with van der Waals surface area (Å²) >= 11 is 6.14. The van der Waals surface area contributed by atoms with Crippen molar-refractivity contribution in [3.63, 3.8) is 0 Å². The van der Waals surface area contributed by atoms with Crippen LogP contribution in [0, 0.1) is 0 Å². The maximum atomic E-state index is 12.6. The van der Waals surface area contributed by atoms with Crippen LogP contribution in [0.15, 0.2) is 18.2 Å². The number of anilines is 1. The number of hydrogen-bond donors (Lipinski definition) is 1. The molecule has 19 heavy (non-hydrogen) atoms. The van der Waals surface area contributed by atoms with Crippen molar-refractivity contribution in [1.29, 1.82) is 0 Å². The Morgan fingerprint density at radius 2 is 2.16 bits per heavy atom. The molecule has 1 heterocycles. The molecule has 1 amide bonds. The molecule has 2 N–H and O–H groups in total. The SMILES string of the molecule is CC1CN(C)CCCN1C(=O)c1cccc(N)c1Cl. The van der Waals surface area contributed by atoms with Crippen LogP contribution in [-0.2, 0) is 0 Å². The van der Waals surface area contributed by atoms with Gasteiger partial charge in [-0.05, 0) is 39.1 Å². The zero-order valence-electron chi connectivity index (χ0n) is 11.4. The van der Waals surface area contributed by atoms with Gasteiger partial charge in [0.15, 0.2) is 0 Å². The monoisotopic (exact) mass is 281 g/mol. The van der Waals surface area contributed by atoms with Crippen LogP contribution in [0.2, 0.25) is 5.02 Å². The number of nitrogen functional groups attached to an aromatic ring is 1. The van der Waals surface area contributed by atoms with E-state index in [2.05, 4.69) is 18.9 Å². The summed E-state index contributed by atoms with van der Waals surface area (Å²) in [6.45, 7) is 4.72. The summed E-state index contributed by atoms with van der Waals surface area (Å²) in [5, 5.41) is 0.359. The molecule has 0 radical (unpaired) electrons. The fourth-order valence-electron chi connectivity index (χ4n) is 2.54. The molecular weight excluding hydrogens is 262 g/mol. The number of carbonyl (C=O) groups is 1. The van der Waals surface area contributed by atoms with Gasteiger partial charge in [-0.15, -0.1) is 0 Å². The third-order valence-electron chi connectivity index (χ3n) is 3.57. The Bertz CT molecular complexity index is 478. The van der Waals surface area contributed by atoms with E-state index >= 15 is 0 Å². The van der Waals surface area contributed by atoms with Gasteiger partial charge < -0.3 is 15.5 Å². The number of halogens is 1. The van der Waals surface area contributed by atoms with Crippen molar-refractivity contribution in [2.24, 2.45) is 0 Å². The van der Waals surface area contributed by atoms with E-state index < -0.39 is 0 Å². The average molecular weight is 282 g/mol. The van der Waals surface area contributed by atoms with E-state index in [1.54, 1.807) is 18.2 Å². The van der Waals surface area contributed by atoms with Crippen LogP contribution in [0.4, 0.5) is 5.69 Å². The molecule has 4 nitrogen and oxygen atoms in total. The Morgan fingerprint density at radius 1 is 1.42 bits per heavy atom. The minimum absolute atomic E-state index is 0.0277. The van der Waals surface area contributed by atoms with Crippen LogP contribution in [0.5, 0.6) is 0 Å². The third-order valence-corrected chi connectivity index (χ3v) is 3.99. The highest BCUT2D eigenvalue weighted by molar-refractivity contribution is 6.36. The second kappa shape index (κ2) is 5.80. The molecule has 1 unspecified atom stereocenters. The van der Waals surface area contributed by atoms with E-state index in [0.717, 1.165) is 26.1 Å². The van der Waals surface area contributed by atoms with E-state index in [4.69, 9.17) is 17.3 Å². The van der Waals surface area contributed by atoms with Gasteiger partial charge in [-0.2, -0.15) is 0 Å². The van der Waals surface area contributed by atoms with Crippen LogP contribution >= 0.6 is 11.6 Å². The van der Waals surface area contributed by atoms with Gasteiger partial charge in [-0.3, -0.25) is 4.79 Å². The highest BCUT2D eigenvalue weighted by atomic mass is 35.5. The lowest BCUT2D eigenvalue weighted by atomic mass is 10.1. The quantitative estimate of drug-likeness (QED) is 0.802. The Kier molecular flexibility index (Phi) is 4.32. The second-order valence-corrected chi connectivity index (χ2v) is 5.55. The number of hydrogen-bond acceptors (Lipinski definition) is 3. The normalized spacial score (nSPS) is 21.2. The van der Waals surface area contributed by atoms with Gasteiger partial charge >= 0.3 is 0 Å². The summed E-state index contributed by atoms with van der Waals surface area (Å²) in [4.78, 5) is 16.8. The van der Waals surface area contributed by atoms with Crippen molar-refractivity contribution in [1.82, 2.24) is 9.80 Å². The fraction of sp³-hybridized carbons (Fsp3) is 0.500. The summed E-state index contributed by atoms with van der Waals surface area (Å²) < 4.78 is 0. The lowest BCUT2D eigenvalue weighted by Gasteiger charge is -2.28. The molecule has 0 aliphatic carbocycles. The first-order chi connectivity index (χ1) is 9.00. The number of nitrogens with two attached hydrogens (primary N) is 1. The average Bonchev–Trinajstić information content (AvgIpc) is 2.53. The predicted molar refractivity (Wildman–Crippen MR) is 78.5 cm³/mol. The lowest BCUT2D eigenvalue weighted by Crippen LogP contribution is -2.42. The van der Waals surface area contributed by atoms with Gasteiger partial charge in [0.25, 0.3) is 5.91 Å². The highest BCUT2D eigenvalue weighted by Gasteiger charge is 2.26. The van der Waals surface area contributed by atoms with E-state index in [9.17, 15) is 4.79 Å². The Hall–Kier alpha value is -1.26. The molecule has 1 fully saturated rings. The van der Waals surface area contributed by atoms with Crippen molar-refractivity contribution >= 4 is 23.2 Å².